The summed E-state index contributed by atoms with van der Waals surface area (Å²) >= 11 is 7.86. The molecule has 0 N–H and O–H groups in total. The van der Waals surface area contributed by atoms with E-state index in [1.165, 1.54) is 4.88 Å². The summed E-state index contributed by atoms with van der Waals surface area (Å²) in [5.41, 5.74) is 1.11. The van der Waals surface area contributed by atoms with Gasteiger partial charge in [0.25, 0.3) is 0 Å². The Morgan fingerprint density at radius 2 is 2.24 bits per heavy atom. The molecule has 0 radical (unpaired) electrons. The van der Waals surface area contributed by atoms with E-state index < -0.39 is 0 Å². The highest BCUT2D eigenvalue weighted by Crippen LogP contribution is 2.35. The van der Waals surface area contributed by atoms with Crippen molar-refractivity contribution in [3.63, 3.8) is 0 Å². The molecule has 0 spiro atoms. The maximum atomic E-state index is 6.22. The molecule has 1 aliphatic rings. The zero-order valence-corrected chi connectivity index (χ0v) is 12.0. The third kappa shape index (κ3) is 3.25. The average Bonchev–Trinajstić information content (AvgIpc) is 2.83. The van der Waals surface area contributed by atoms with Crippen molar-refractivity contribution < 1.29 is 4.74 Å². The molecule has 2 rings (SSSR count). The summed E-state index contributed by atoms with van der Waals surface area (Å²) in [6, 6.07) is 2.12. The predicted octanol–water partition coefficient (Wildman–Crippen LogP) is 4.09. The highest BCUT2D eigenvalue weighted by molar-refractivity contribution is 7.16. The third-order valence-corrected chi connectivity index (χ3v) is 4.55. The van der Waals surface area contributed by atoms with Crippen LogP contribution in [-0.4, -0.2) is 13.2 Å². The van der Waals surface area contributed by atoms with Gasteiger partial charge in [-0.15, -0.1) is 11.3 Å². The van der Waals surface area contributed by atoms with Crippen LogP contribution >= 0.6 is 22.9 Å². The van der Waals surface area contributed by atoms with Gasteiger partial charge in [0.1, 0.15) is 4.34 Å². The Labute approximate surface area is 112 Å². The Kier molecular flexibility index (Phi) is 3.82. The number of rotatable bonds is 0. The molecule has 0 saturated carbocycles. The Balaban J connectivity index is 2.18. The van der Waals surface area contributed by atoms with Crippen molar-refractivity contribution in [2.75, 3.05) is 13.2 Å². The van der Waals surface area contributed by atoms with Gasteiger partial charge in [-0.3, -0.25) is 0 Å². The van der Waals surface area contributed by atoms with Crippen molar-refractivity contribution in [1.82, 2.24) is 0 Å². The summed E-state index contributed by atoms with van der Waals surface area (Å²) < 4.78 is 6.11. The molecule has 0 unspecified atom stereocenters. The summed E-state index contributed by atoms with van der Waals surface area (Å²) in [5.74, 6) is 6.83. The lowest BCUT2D eigenvalue weighted by Gasteiger charge is -2.14. The van der Waals surface area contributed by atoms with E-state index in [0.717, 1.165) is 29.5 Å². The summed E-state index contributed by atoms with van der Waals surface area (Å²) in [7, 11) is 0. The van der Waals surface area contributed by atoms with E-state index in [1.807, 2.05) is 0 Å². The minimum absolute atomic E-state index is 0.144. The first-order valence-corrected chi connectivity index (χ1v) is 7.05. The lowest BCUT2D eigenvalue weighted by atomic mass is 9.94. The van der Waals surface area contributed by atoms with Gasteiger partial charge in [-0.2, -0.15) is 0 Å². The average molecular weight is 269 g/mol. The molecule has 2 heterocycles. The highest BCUT2D eigenvalue weighted by Gasteiger charge is 2.18. The lowest BCUT2D eigenvalue weighted by molar-refractivity contribution is 0.192. The van der Waals surface area contributed by atoms with Crippen LogP contribution in [0.15, 0.2) is 6.07 Å². The summed E-state index contributed by atoms with van der Waals surface area (Å²) in [6.07, 6.45) is 1.04. The van der Waals surface area contributed by atoms with Crippen LogP contribution in [0.3, 0.4) is 0 Å². The van der Waals surface area contributed by atoms with Gasteiger partial charge < -0.3 is 4.74 Å². The topological polar surface area (TPSA) is 9.23 Å². The molecule has 1 saturated heterocycles. The number of hydrogen-bond acceptors (Lipinski definition) is 2. The van der Waals surface area contributed by atoms with Crippen LogP contribution in [-0.2, 0) is 10.2 Å². The zero-order chi connectivity index (χ0) is 12.5. The van der Waals surface area contributed by atoms with Crippen molar-refractivity contribution in [2.45, 2.75) is 32.6 Å². The predicted molar refractivity (Wildman–Crippen MR) is 73.8 cm³/mol. The van der Waals surface area contributed by atoms with Crippen molar-refractivity contribution in [1.29, 1.82) is 0 Å². The Bertz CT molecular complexity index is 453. The molecule has 17 heavy (non-hydrogen) atoms. The smallest absolute Gasteiger partial charge is 0.109 e. The molecular weight excluding hydrogens is 252 g/mol. The molecule has 1 nitrogen and oxygen atoms in total. The van der Waals surface area contributed by atoms with Gasteiger partial charge in [-0.1, -0.05) is 44.2 Å². The van der Waals surface area contributed by atoms with Crippen molar-refractivity contribution in [3.05, 3.63) is 20.8 Å². The van der Waals surface area contributed by atoms with Crippen LogP contribution in [0.2, 0.25) is 4.34 Å². The summed E-state index contributed by atoms with van der Waals surface area (Å²) in [5, 5.41) is 0. The molecule has 0 bridgehead atoms. The van der Waals surface area contributed by atoms with E-state index >= 15 is 0 Å². The number of thiophene rings is 1. The van der Waals surface area contributed by atoms with Gasteiger partial charge in [0.05, 0.1) is 12.2 Å². The molecule has 1 fully saturated rings. The van der Waals surface area contributed by atoms with E-state index in [1.54, 1.807) is 11.3 Å². The monoisotopic (exact) mass is 268 g/mol. The highest BCUT2D eigenvalue weighted by atomic mass is 35.5. The van der Waals surface area contributed by atoms with Gasteiger partial charge in [0.15, 0.2) is 0 Å². The van der Waals surface area contributed by atoms with Crippen LogP contribution in [0.1, 0.15) is 37.6 Å². The van der Waals surface area contributed by atoms with Crippen LogP contribution in [0.5, 0.6) is 0 Å². The molecule has 0 aliphatic carbocycles. The maximum absolute atomic E-state index is 6.22. The first-order valence-electron chi connectivity index (χ1n) is 5.86. The Morgan fingerprint density at radius 1 is 1.47 bits per heavy atom. The molecule has 1 aromatic rings. The second kappa shape index (κ2) is 5.02. The van der Waals surface area contributed by atoms with Crippen LogP contribution in [0.25, 0.3) is 0 Å². The number of halogens is 1. The third-order valence-electron chi connectivity index (χ3n) is 2.77. The molecule has 0 aromatic carbocycles. The van der Waals surface area contributed by atoms with E-state index in [9.17, 15) is 0 Å². The fourth-order valence-electron chi connectivity index (χ4n) is 1.65. The fraction of sp³-hybridized carbons (Fsp3) is 0.571. The second-order valence-corrected chi connectivity index (χ2v) is 7.03. The lowest BCUT2D eigenvalue weighted by Crippen LogP contribution is -2.07. The minimum Gasteiger partial charge on any atom is -0.380 e. The first-order chi connectivity index (χ1) is 7.97. The normalized spacial score (nSPS) is 20.1. The number of ether oxygens (including phenoxy) is 1. The van der Waals surface area contributed by atoms with Crippen molar-refractivity contribution in [2.24, 2.45) is 5.92 Å². The SMILES string of the molecule is CC(C)(C)c1cc(C#C[C@H]2CCOC2)c(Cl)s1. The minimum atomic E-state index is 0.144. The fourth-order valence-corrected chi connectivity index (χ4v) is 2.90. The van der Waals surface area contributed by atoms with E-state index in [4.69, 9.17) is 16.3 Å². The Hall–Kier alpha value is -0.490. The van der Waals surface area contributed by atoms with Gasteiger partial charge in [-0.05, 0) is 17.9 Å². The van der Waals surface area contributed by atoms with E-state index in [-0.39, 0.29) is 5.41 Å². The molecule has 1 atom stereocenters. The summed E-state index contributed by atoms with van der Waals surface area (Å²) in [4.78, 5) is 1.29. The molecule has 1 aliphatic heterocycles. The molecular formula is C14H17ClOS. The van der Waals surface area contributed by atoms with Crippen LogP contribution < -0.4 is 0 Å². The molecule has 0 amide bonds. The van der Waals surface area contributed by atoms with Crippen molar-refractivity contribution >= 4 is 22.9 Å². The van der Waals surface area contributed by atoms with Gasteiger partial charge >= 0.3 is 0 Å². The van der Waals surface area contributed by atoms with Crippen LogP contribution in [0.4, 0.5) is 0 Å². The van der Waals surface area contributed by atoms with Crippen molar-refractivity contribution in [3.8, 4) is 11.8 Å². The largest absolute Gasteiger partial charge is 0.380 e. The van der Waals surface area contributed by atoms with E-state index in [0.29, 0.717) is 5.92 Å². The quantitative estimate of drug-likeness (QED) is 0.644. The van der Waals surface area contributed by atoms with Crippen LogP contribution in [0, 0.1) is 17.8 Å². The molecule has 3 heteroatoms. The molecule has 92 valence electrons. The van der Waals surface area contributed by atoms with Gasteiger partial charge in [-0.25, -0.2) is 0 Å². The number of hydrogen-bond donors (Lipinski definition) is 0. The zero-order valence-electron chi connectivity index (χ0n) is 10.5. The standard InChI is InChI=1S/C14H17ClOS/c1-14(2,3)12-8-11(13(15)17-12)5-4-10-6-7-16-9-10/h8,10H,6-7,9H2,1-3H3/t10-/m0/s1. The van der Waals surface area contributed by atoms with Gasteiger partial charge in [0.2, 0.25) is 0 Å². The molecule has 1 aromatic heterocycles. The second-order valence-electron chi connectivity index (χ2n) is 5.38. The maximum Gasteiger partial charge on any atom is 0.109 e. The summed E-state index contributed by atoms with van der Waals surface area (Å²) in [6.45, 7) is 8.18. The first kappa shape index (κ1) is 13.0. The van der Waals surface area contributed by atoms with E-state index in [2.05, 4.69) is 38.7 Å². The Morgan fingerprint density at radius 3 is 2.76 bits per heavy atom. The van der Waals surface area contributed by atoms with Gasteiger partial charge in [0, 0.05) is 17.4 Å².